The van der Waals surface area contributed by atoms with Crippen LogP contribution in [-0.4, -0.2) is 47.1 Å². The second-order valence-electron chi connectivity index (χ2n) is 3.75. The molecule has 1 aromatic rings. The van der Waals surface area contributed by atoms with Crippen molar-refractivity contribution in [1.29, 1.82) is 0 Å². The highest BCUT2D eigenvalue weighted by Gasteiger charge is 2.29. The Morgan fingerprint density at radius 3 is 2.27 bits per heavy atom. The second kappa shape index (κ2) is 4.74. The van der Waals surface area contributed by atoms with Gasteiger partial charge in [0.2, 0.25) is 0 Å². The molecule has 0 saturated carbocycles. The fourth-order valence-electron chi connectivity index (χ4n) is 1.53. The number of hydrogen-bond acceptors (Lipinski definition) is 2. The van der Waals surface area contributed by atoms with E-state index in [1.807, 2.05) is 40.6 Å². The van der Waals surface area contributed by atoms with Crippen LogP contribution in [0.4, 0.5) is 0 Å². The number of aryl methyl sites for hydroxylation is 1. The molecule has 1 rings (SSSR count). The maximum atomic E-state index is 5.80. The second-order valence-corrected chi connectivity index (χ2v) is 8.37. The van der Waals surface area contributed by atoms with Crippen LogP contribution in [0.25, 0.3) is 0 Å². The van der Waals surface area contributed by atoms with Crippen LogP contribution < -0.4 is 5.57 Å². The Kier molecular flexibility index (Phi) is 4.06. The number of aromatic nitrogens is 2. The third kappa shape index (κ3) is 2.16. The Morgan fingerprint density at radius 1 is 1.33 bits per heavy atom. The number of hydrogen-bond donors (Lipinski definition) is 0. The number of nitrogens with zero attached hydrogens (tertiary/aromatic N) is 4. The molecular formula is C9H19N4PS. The minimum Gasteiger partial charge on any atom is -0.329 e. The first-order valence-electron chi connectivity index (χ1n) is 4.92. The van der Waals surface area contributed by atoms with Crippen LogP contribution in [0.3, 0.4) is 0 Å². The fraction of sp³-hybridized carbons (Fsp3) is 0.667. The van der Waals surface area contributed by atoms with Gasteiger partial charge < -0.3 is 4.57 Å². The Bertz CT molecular complexity index is 360. The van der Waals surface area contributed by atoms with Crippen molar-refractivity contribution in [3.05, 3.63) is 12.4 Å². The van der Waals surface area contributed by atoms with E-state index < -0.39 is 6.34 Å². The van der Waals surface area contributed by atoms with Crippen molar-refractivity contribution in [2.75, 3.05) is 28.2 Å². The molecule has 0 fully saturated rings. The van der Waals surface area contributed by atoms with Gasteiger partial charge in [0, 0.05) is 18.9 Å². The zero-order chi connectivity index (χ0) is 11.6. The molecule has 0 aliphatic rings. The van der Waals surface area contributed by atoms with Gasteiger partial charge in [-0.2, -0.15) is 0 Å². The lowest BCUT2D eigenvalue weighted by Crippen LogP contribution is -2.33. The molecule has 15 heavy (non-hydrogen) atoms. The minimum atomic E-state index is -1.87. The zero-order valence-corrected chi connectivity index (χ0v) is 11.7. The molecule has 0 spiro atoms. The highest BCUT2D eigenvalue weighted by molar-refractivity contribution is 8.15. The highest BCUT2D eigenvalue weighted by atomic mass is 32.4. The summed E-state index contributed by atoms with van der Waals surface area (Å²) in [4.78, 5) is 4.43. The van der Waals surface area contributed by atoms with Crippen LogP contribution in [0, 0.1) is 0 Å². The lowest BCUT2D eigenvalue weighted by Gasteiger charge is -2.34. The molecule has 86 valence electrons. The summed E-state index contributed by atoms with van der Waals surface area (Å²) in [7, 11) is 8.09. The maximum Gasteiger partial charge on any atom is 0.170 e. The number of imidazole rings is 1. The monoisotopic (exact) mass is 246 g/mol. The van der Waals surface area contributed by atoms with Gasteiger partial charge in [0.15, 0.2) is 5.57 Å². The molecule has 1 heterocycles. The summed E-state index contributed by atoms with van der Waals surface area (Å²) in [5.41, 5.74) is 1.01. The lowest BCUT2D eigenvalue weighted by molar-refractivity contribution is 0.576. The predicted octanol–water partition coefficient (Wildman–Crippen LogP) is 0.961. The quantitative estimate of drug-likeness (QED) is 0.739. The molecule has 0 radical (unpaired) electrons. The van der Waals surface area contributed by atoms with E-state index in [2.05, 4.69) is 25.8 Å². The van der Waals surface area contributed by atoms with Gasteiger partial charge in [-0.1, -0.05) is 11.8 Å². The topological polar surface area (TPSA) is 24.3 Å². The molecule has 0 bridgehead atoms. The van der Waals surface area contributed by atoms with Gasteiger partial charge in [-0.3, -0.25) is 9.34 Å². The Hall–Kier alpha value is -0.220. The first-order valence-corrected chi connectivity index (χ1v) is 7.62. The SMILES string of the molecule is CCn1ccnc1P(=S)(N(C)C)N(C)C. The van der Waals surface area contributed by atoms with E-state index in [9.17, 15) is 0 Å². The van der Waals surface area contributed by atoms with Crippen molar-refractivity contribution < 1.29 is 0 Å². The summed E-state index contributed by atoms with van der Waals surface area (Å²) in [6.45, 7) is 3.02. The summed E-state index contributed by atoms with van der Waals surface area (Å²) >= 11 is 5.80. The summed E-state index contributed by atoms with van der Waals surface area (Å²) in [5, 5.41) is 0. The first kappa shape index (κ1) is 12.8. The highest BCUT2D eigenvalue weighted by Crippen LogP contribution is 2.47. The van der Waals surface area contributed by atoms with Crippen LogP contribution in [0.1, 0.15) is 6.92 Å². The van der Waals surface area contributed by atoms with Crippen LogP contribution in [0.5, 0.6) is 0 Å². The summed E-state index contributed by atoms with van der Waals surface area (Å²) < 4.78 is 6.34. The molecular weight excluding hydrogens is 227 g/mol. The normalized spacial score (nSPS) is 12.7. The van der Waals surface area contributed by atoms with Crippen LogP contribution in [0.15, 0.2) is 12.4 Å². The van der Waals surface area contributed by atoms with Gasteiger partial charge in [-0.05, 0) is 35.1 Å². The Morgan fingerprint density at radius 2 is 1.87 bits per heavy atom. The minimum absolute atomic E-state index is 0.912. The molecule has 0 N–H and O–H groups in total. The Balaban J connectivity index is 3.28. The smallest absolute Gasteiger partial charge is 0.170 e. The van der Waals surface area contributed by atoms with Crippen molar-refractivity contribution in [2.24, 2.45) is 0 Å². The average Bonchev–Trinajstić information content (AvgIpc) is 2.63. The van der Waals surface area contributed by atoms with Crippen molar-refractivity contribution in [3.63, 3.8) is 0 Å². The van der Waals surface area contributed by atoms with Crippen molar-refractivity contribution in [3.8, 4) is 0 Å². The predicted molar refractivity (Wildman–Crippen MR) is 69.2 cm³/mol. The van der Waals surface area contributed by atoms with Crippen molar-refractivity contribution >= 4 is 23.7 Å². The van der Waals surface area contributed by atoms with Crippen LogP contribution >= 0.6 is 6.34 Å². The zero-order valence-electron chi connectivity index (χ0n) is 10.0. The fourth-order valence-corrected chi connectivity index (χ4v) is 4.17. The van der Waals surface area contributed by atoms with E-state index in [4.69, 9.17) is 11.8 Å². The molecule has 0 aromatic carbocycles. The van der Waals surface area contributed by atoms with E-state index in [1.165, 1.54) is 0 Å². The molecule has 0 aliphatic heterocycles. The van der Waals surface area contributed by atoms with Crippen molar-refractivity contribution in [2.45, 2.75) is 13.5 Å². The summed E-state index contributed by atoms with van der Waals surface area (Å²) in [6, 6.07) is 0. The summed E-state index contributed by atoms with van der Waals surface area (Å²) in [6.07, 6.45) is 1.95. The largest absolute Gasteiger partial charge is 0.329 e. The van der Waals surface area contributed by atoms with Gasteiger partial charge in [-0.15, -0.1) is 0 Å². The maximum absolute atomic E-state index is 5.80. The van der Waals surface area contributed by atoms with Gasteiger partial charge in [0.1, 0.15) is 6.34 Å². The van der Waals surface area contributed by atoms with E-state index >= 15 is 0 Å². The molecule has 0 aliphatic carbocycles. The van der Waals surface area contributed by atoms with Crippen molar-refractivity contribution in [1.82, 2.24) is 18.9 Å². The van der Waals surface area contributed by atoms with E-state index in [1.54, 1.807) is 0 Å². The lowest BCUT2D eigenvalue weighted by atomic mass is 10.7. The molecule has 0 amide bonds. The van der Waals surface area contributed by atoms with Gasteiger partial charge in [0.05, 0.1) is 0 Å². The third-order valence-corrected chi connectivity index (χ3v) is 7.89. The Labute approximate surface area is 97.0 Å². The van der Waals surface area contributed by atoms with E-state index in [0.29, 0.717) is 0 Å². The molecule has 6 heteroatoms. The van der Waals surface area contributed by atoms with Gasteiger partial charge in [0.25, 0.3) is 0 Å². The van der Waals surface area contributed by atoms with Crippen LogP contribution in [0.2, 0.25) is 0 Å². The third-order valence-electron chi connectivity index (χ3n) is 2.38. The summed E-state index contributed by atoms with van der Waals surface area (Å²) in [5.74, 6) is 0. The standard InChI is InChI=1S/C9H19N4PS/c1-6-13-8-7-10-9(13)14(15,11(2)3)12(4)5/h7-8H,6H2,1-5H3. The number of rotatable bonds is 4. The van der Waals surface area contributed by atoms with Gasteiger partial charge in [-0.25, -0.2) is 4.98 Å². The molecule has 4 nitrogen and oxygen atoms in total. The van der Waals surface area contributed by atoms with Gasteiger partial charge >= 0.3 is 0 Å². The molecule has 0 atom stereocenters. The van der Waals surface area contributed by atoms with E-state index in [-0.39, 0.29) is 0 Å². The average molecular weight is 246 g/mol. The molecule has 1 aromatic heterocycles. The van der Waals surface area contributed by atoms with Crippen LogP contribution in [-0.2, 0) is 18.4 Å². The molecule has 0 saturated heterocycles. The first-order chi connectivity index (χ1) is 6.94. The molecule has 0 unspecified atom stereocenters. The van der Waals surface area contributed by atoms with E-state index in [0.717, 1.165) is 12.1 Å².